The highest BCUT2D eigenvalue weighted by atomic mass is 19.4. The van der Waals surface area contributed by atoms with Crippen LogP contribution in [0.25, 0.3) is 0 Å². The van der Waals surface area contributed by atoms with Gasteiger partial charge in [0, 0.05) is 5.54 Å². The number of nitrogens with one attached hydrogen (secondary N) is 3. The number of carbonyl (C=O) groups is 2. The number of amides is 3. The molecule has 0 saturated heterocycles. The molecular formula is C21H26F3N3O3. The van der Waals surface area contributed by atoms with Crippen molar-refractivity contribution in [2.45, 2.75) is 63.3 Å². The van der Waals surface area contributed by atoms with Crippen LogP contribution in [0, 0.1) is 17.8 Å². The van der Waals surface area contributed by atoms with Gasteiger partial charge in [-0.25, -0.2) is 10.2 Å². The molecule has 4 aliphatic carbocycles. The zero-order valence-corrected chi connectivity index (χ0v) is 16.7. The third kappa shape index (κ3) is 4.49. The first-order valence-electron chi connectivity index (χ1n) is 10.3. The van der Waals surface area contributed by atoms with Gasteiger partial charge in [0.25, 0.3) is 5.91 Å². The van der Waals surface area contributed by atoms with Crippen LogP contribution in [0.4, 0.5) is 18.0 Å². The Hall–Kier alpha value is -2.45. The predicted octanol–water partition coefficient (Wildman–Crippen LogP) is 3.77. The number of carbonyl (C=O) groups excluding carboxylic acids is 2. The van der Waals surface area contributed by atoms with Gasteiger partial charge in [-0.1, -0.05) is 6.07 Å². The van der Waals surface area contributed by atoms with E-state index in [1.54, 1.807) is 0 Å². The number of hydrogen-bond acceptors (Lipinski definition) is 3. The number of ether oxygens (including phenoxy) is 1. The lowest BCUT2D eigenvalue weighted by atomic mass is 9.53. The first-order chi connectivity index (χ1) is 14.1. The third-order valence-electron chi connectivity index (χ3n) is 6.56. The lowest BCUT2D eigenvalue weighted by molar-refractivity contribution is -0.137. The second kappa shape index (κ2) is 7.67. The molecule has 4 saturated carbocycles. The molecule has 3 amide bonds. The van der Waals surface area contributed by atoms with Crippen LogP contribution in [-0.2, 0) is 11.0 Å². The van der Waals surface area contributed by atoms with Crippen LogP contribution in [0.1, 0.15) is 51.0 Å². The van der Waals surface area contributed by atoms with Gasteiger partial charge in [0.05, 0.1) is 5.56 Å². The van der Waals surface area contributed by atoms with E-state index in [0.717, 1.165) is 31.4 Å². The van der Waals surface area contributed by atoms with Crippen molar-refractivity contribution in [2.75, 3.05) is 0 Å². The van der Waals surface area contributed by atoms with Crippen molar-refractivity contribution < 1.29 is 27.5 Å². The first-order valence-corrected chi connectivity index (χ1v) is 10.3. The van der Waals surface area contributed by atoms with Gasteiger partial charge >= 0.3 is 12.2 Å². The Bertz CT molecular complexity index is 792. The van der Waals surface area contributed by atoms with Crippen molar-refractivity contribution in [3.63, 3.8) is 0 Å². The summed E-state index contributed by atoms with van der Waals surface area (Å²) < 4.78 is 43.7. The molecule has 164 valence electrons. The summed E-state index contributed by atoms with van der Waals surface area (Å²) in [6.45, 7) is 1.40. The van der Waals surface area contributed by atoms with Gasteiger partial charge in [0.1, 0.15) is 5.75 Å². The largest absolute Gasteiger partial charge is 0.481 e. The van der Waals surface area contributed by atoms with E-state index < -0.39 is 29.8 Å². The average Bonchev–Trinajstić information content (AvgIpc) is 2.64. The molecule has 0 aromatic heterocycles. The summed E-state index contributed by atoms with van der Waals surface area (Å²) >= 11 is 0. The zero-order chi connectivity index (χ0) is 21.5. The fraction of sp³-hybridized carbons (Fsp3) is 0.619. The Kier molecular flexibility index (Phi) is 5.32. The second-order valence-corrected chi connectivity index (χ2v) is 9.05. The van der Waals surface area contributed by atoms with Crippen LogP contribution in [0.2, 0.25) is 0 Å². The summed E-state index contributed by atoms with van der Waals surface area (Å²) in [6.07, 6.45) is 1.12. The molecular weight excluding hydrogens is 399 g/mol. The normalized spacial score (nSPS) is 30.5. The van der Waals surface area contributed by atoms with E-state index in [-0.39, 0.29) is 11.3 Å². The van der Waals surface area contributed by atoms with E-state index >= 15 is 0 Å². The lowest BCUT2D eigenvalue weighted by Crippen LogP contribution is -2.63. The molecule has 9 heteroatoms. The highest BCUT2D eigenvalue weighted by Gasteiger charge is 2.51. The Morgan fingerprint density at radius 2 is 1.67 bits per heavy atom. The number of rotatable bonds is 4. The molecule has 30 heavy (non-hydrogen) atoms. The van der Waals surface area contributed by atoms with Crippen LogP contribution >= 0.6 is 0 Å². The van der Waals surface area contributed by atoms with Crippen LogP contribution < -0.4 is 20.9 Å². The minimum absolute atomic E-state index is 0.0782. The summed E-state index contributed by atoms with van der Waals surface area (Å²) in [6, 6.07) is 3.83. The van der Waals surface area contributed by atoms with E-state index in [1.807, 2.05) is 0 Å². The Morgan fingerprint density at radius 1 is 1.07 bits per heavy atom. The quantitative estimate of drug-likeness (QED) is 0.643. The minimum atomic E-state index is -4.50. The molecule has 0 heterocycles. The van der Waals surface area contributed by atoms with E-state index in [1.165, 1.54) is 38.3 Å². The molecule has 1 aromatic rings. The number of urea groups is 1. The van der Waals surface area contributed by atoms with Gasteiger partial charge in [0.2, 0.25) is 0 Å². The molecule has 3 N–H and O–H groups in total. The molecule has 0 aliphatic heterocycles. The Labute approximate surface area is 172 Å². The highest BCUT2D eigenvalue weighted by molar-refractivity contribution is 5.84. The van der Waals surface area contributed by atoms with E-state index in [9.17, 15) is 22.8 Å². The van der Waals surface area contributed by atoms with E-state index in [2.05, 4.69) is 16.2 Å². The smallest absolute Gasteiger partial charge is 0.416 e. The van der Waals surface area contributed by atoms with Crippen LogP contribution in [0.5, 0.6) is 5.75 Å². The third-order valence-corrected chi connectivity index (χ3v) is 6.56. The Morgan fingerprint density at radius 3 is 2.23 bits per heavy atom. The summed E-state index contributed by atoms with van der Waals surface area (Å²) in [5, 5.41) is 3.06. The maximum atomic E-state index is 12.8. The fourth-order valence-electron chi connectivity index (χ4n) is 5.76. The van der Waals surface area contributed by atoms with Crippen LogP contribution in [0.15, 0.2) is 24.3 Å². The molecule has 4 aliphatic rings. The summed E-state index contributed by atoms with van der Waals surface area (Å²) in [5.74, 6) is 1.28. The molecule has 0 radical (unpaired) electrons. The topological polar surface area (TPSA) is 79.5 Å². The maximum absolute atomic E-state index is 12.8. The molecule has 6 nitrogen and oxygen atoms in total. The molecule has 0 spiro atoms. The summed E-state index contributed by atoms with van der Waals surface area (Å²) in [4.78, 5) is 24.6. The molecule has 1 atom stereocenters. The van der Waals surface area contributed by atoms with Crippen LogP contribution in [-0.4, -0.2) is 23.6 Å². The van der Waals surface area contributed by atoms with Crippen molar-refractivity contribution in [1.29, 1.82) is 0 Å². The van der Waals surface area contributed by atoms with Crippen molar-refractivity contribution in [3.05, 3.63) is 29.8 Å². The SMILES string of the molecule is C[C@@H](Oc1cccc(C(F)(F)F)c1)C(=O)NNC(=O)NC12CC3CC(CC(C3)C1)C2. The molecule has 5 rings (SSSR count). The van der Waals surface area contributed by atoms with Crippen molar-refractivity contribution in [2.24, 2.45) is 17.8 Å². The highest BCUT2D eigenvalue weighted by Crippen LogP contribution is 2.55. The lowest BCUT2D eigenvalue weighted by Gasteiger charge is -2.56. The van der Waals surface area contributed by atoms with Crippen molar-refractivity contribution in [1.82, 2.24) is 16.2 Å². The number of alkyl halides is 3. The Balaban J connectivity index is 1.27. The average molecular weight is 425 g/mol. The van der Waals surface area contributed by atoms with Gasteiger partial charge in [-0.15, -0.1) is 0 Å². The second-order valence-electron chi connectivity index (χ2n) is 9.05. The minimum Gasteiger partial charge on any atom is -0.481 e. The van der Waals surface area contributed by atoms with Crippen LogP contribution in [0.3, 0.4) is 0 Å². The van der Waals surface area contributed by atoms with Crippen molar-refractivity contribution >= 4 is 11.9 Å². The van der Waals surface area contributed by atoms with Gasteiger partial charge < -0.3 is 10.1 Å². The molecule has 4 bridgehead atoms. The number of hydrogen-bond donors (Lipinski definition) is 3. The zero-order valence-electron chi connectivity index (χ0n) is 16.7. The fourth-order valence-corrected chi connectivity index (χ4v) is 5.76. The van der Waals surface area contributed by atoms with E-state index in [4.69, 9.17) is 4.74 Å². The number of halogens is 3. The molecule has 0 unspecified atom stereocenters. The van der Waals surface area contributed by atoms with Gasteiger partial charge in [-0.2, -0.15) is 13.2 Å². The number of hydrazine groups is 1. The monoisotopic (exact) mass is 425 g/mol. The standard InChI is InChI=1S/C21H26F3N3O3/c1-12(30-17-4-2-3-16(8-17)21(22,23)24)18(28)26-27-19(29)25-20-9-13-5-14(10-20)7-15(6-13)11-20/h2-4,8,12-15H,5-7,9-11H2,1H3,(H,26,28)(H2,25,27,29)/t12-,13?,14?,15?,20?/m1/s1. The summed E-state index contributed by atoms with van der Waals surface area (Å²) in [5.41, 5.74) is 3.58. The van der Waals surface area contributed by atoms with Crippen molar-refractivity contribution in [3.8, 4) is 5.75 Å². The van der Waals surface area contributed by atoms with Gasteiger partial charge in [0.15, 0.2) is 6.10 Å². The summed E-state index contributed by atoms with van der Waals surface area (Å²) in [7, 11) is 0. The van der Waals surface area contributed by atoms with Gasteiger partial charge in [-0.05, 0) is 81.4 Å². The molecule has 1 aromatic carbocycles. The predicted molar refractivity (Wildman–Crippen MR) is 102 cm³/mol. The first kappa shape index (κ1) is 20.8. The van der Waals surface area contributed by atoms with Gasteiger partial charge in [-0.3, -0.25) is 10.2 Å². The van der Waals surface area contributed by atoms with E-state index in [0.29, 0.717) is 17.8 Å². The maximum Gasteiger partial charge on any atom is 0.416 e. The number of benzene rings is 1. The molecule has 4 fully saturated rings.